The van der Waals surface area contributed by atoms with Gasteiger partial charge in [0.25, 0.3) is 0 Å². The predicted molar refractivity (Wildman–Crippen MR) is 31.1 cm³/mol. The summed E-state index contributed by atoms with van der Waals surface area (Å²) in [4.78, 5) is 17.1. The molecule has 0 aliphatic carbocycles. The van der Waals surface area contributed by atoms with E-state index in [1.54, 1.807) is 6.92 Å². The number of hydrogen-bond acceptors (Lipinski definition) is 4. The quantitative estimate of drug-likeness (QED) is 0.378. The van der Waals surface area contributed by atoms with E-state index in [1.165, 1.54) is 12.4 Å². The van der Waals surface area contributed by atoms with Gasteiger partial charge >= 0.3 is 18.9 Å². The van der Waals surface area contributed by atoms with Crippen molar-refractivity contribution in [1.82, 2.24) is 9.97 Å². The van der Waals surface area contributed by atoms with Crippen LogP contribution in [0.4, 0.5) is 0 Å². The molecule has 0 bridgehead atoms. The summed E-state index contributed by atoms with van der Waals surface area (Å²) in [6.07, 6.45) is 2.86. The first-order chi connectivity index (χ1) is 4.70. The van der Waals surface area contributed by atoms with Gasteiger partial charge in [-0.3, -0.25) is 0 Å². The zero-order valence-corrected chi connectivity index (χ0v) is 6.37. The Morgan fingerprint density at radius 1 is 1.45 bits per heavy atom. The number of aryl methyl sites for hydroxylation is 1. The van der Waals surface area contributed by atoms with Crippen molar-refractivity contribution in [3.63, 3.8) is 0 Å². The van der Waals surface area contributed by atoms with Crippen LogP contribution in [0.1, 0.15) is 16.2 Å². The summed E-state index contributed by atoms with van der Waals surface area (Å²) in [5.41, 5.74) is 0.824. The molecule has 0 aliphatic heterocycles. The van der Waals surface area contributed by atoms with Crippen LogP contribution >= 0.6 is 0 Å². The summed E-state index contributed by atoms with van der Waals surface area (Å²) in [6.45, 7) is 1.78. The molecular formula is C6H5LiN2O2. The van der Waals surface area contributed by atoms with E-state index in [9.17, 15) is 9.90 Å². The zero-order chi connectivity index (χ0) is 7.56. The van der Waals surface area contributed by atoms with Gasteiger partial charge in [-0.2, -0.15) is 0 Å². The van der Waals surface area contributed by atoms with Crippen molar-refractivity contribution < 1.29 is 28.8 Å². The molecule has 1 heterocycles. The number of nitrogens with zero attached hydrogens (tertiary/aromatic N) is 2. The molecule has 1 aromatic heterocycles. The van der Waals surface area contributed by atoms with Crippen LogP contribution in [0.2, 0.25) is 0 Å². The first-order valence-corrected chi connectivity index (χ1v) is 2.70. The molecular weight excluding hydrogens is 139 g/mol. The number of hydrogen-bond donors (Lipinski definition) is 0. The number of carboxylic acids is 1. The number of carboxylic acid groups (broad SMARTS) is 1. The summed E-state index contributed by atoms with van der Waals surface area (Å²) in [5, 5.41) is 10.1. The average molecular weight is 144 g/mol. The third-order valence-electron chi connectivity index (χ3n) is 0.964. The minimum Gasteiger partial charge on any atom is -0.542 e. The Morgan fingerprint density at radius 3 is 2.27 bits per heavy atom. The van der Waals surface area contributed by atoms with Crippen LogP contribution in [0.25, 0.3) is 0 Å². The molecule has 4 nitrogen and oxygen atoms in total. The molecule has 0 saturated carbocycles. The van der Waals surface area contributed by atoms with Gasteiger partial charge in [-0.25, -0.2) is 9.97 Å². The van der Waals surface area contributed by atoms with Crippen LogP contribution in [0.3, 0.4) is 0 Å². The van der Waals surface area contributed by atoms with Gasteiger partial charge in [0.2, 0.25) is 0 Å². The van der Waals surface area contributed by atoms with Crippen LogP contribution in [0, 0.1) is 6.92 Å². The van der Waals surface area contributed by atoms with Gasteiger partial charge in [0, 0.05) is 12.4 Å². The SMILES string of the molecule is Cc1cnc(C(=O)[O-])nc1.[Li+]. The average Bonchev–Trinajstić information content (AvgIpc) is 1.88. The summed E-state index contributed by atoms with van der Waals surface area (Å²) >= 11 is 0. The molecule has 0 amide bonds. The van der Waals surface area contributed by atoms with Crippen LogP contribution in [-0.2, 0) is 0 Å². The molecule has 0 atom stereocenters. The molecule has 11 heavy (non-hydrogen) atoms. The molecule has 1 rings (SSSR count). The third kappa shape index (κ3) is 2.70. The topological polar surface area (TPSA) is 65.9 Å². The fourth-order valence-corrected chi connectivity index (χ4v) is 0.498. The molecule has 0 radical (unpaired) electrons. The molecule has 0 fully saturated rings. The van der Waals surface area contributed by atoms with Gasteiger partial charge in [-0.05, 0) is 12.5 Å². The van der Waals surface area contributed by atoms with Gasteiger partial charge in [-0.1, -0.05) is 0 Å². The number of rotatable bonds is 1. The fourth-order valence-electron chi connectivity index (χ4n) is 0.498. The minimum absolute atomic E-state index is 0. The maximum absolute atomic E-state index is 10.1. The maximum Gasteiger partial charge on any atom is 1.00 e. The van der Waals surface area contributed by atoms with Gasteiger partial charge in [0.05, 0.1) is 0 Å². The van der Waals surface area contributed by atoms with Crippen LogP contribution in [0.5, 0.6) is 0 Å². The molecule has 0 unspecified atom stereocenters. The van der Waals surface area contributed by atoms with Crippen LogP contribution in [0.15, 0.2) is 12.4 Å². The second kappa shape index (κ2) is 4.11. The van der Waals surface area contributed by atoms with E-state index in [0.29, 0.717) is 0 Å². The number of carbonyl (C=O) groups excluding carboxylic acids is 1. The van der Waals surface area contributed by atoms with E-state index in [2.05, 4.69) is 9.97 Å². The fraction of sp³-hybridized carbons (Fsp3) is 0.167. The monoisotopic (exact) mass is 144 g/mol. The second-order valence-corrected chi connectivity index (χ2v) is 1.87. The Kier molecular flexibility index (Phi) is 3.80. The van der Waals surface area contributed by atoms with Crippen molar-refractivity contribution in [3.05, 3.63) is 23.8 Å². The van der Waals surface area contributed by atoms with Gasteiger partial charge in [0.15, 0.2) is 5.82 Å². The first kappa shape index (κ1) is 10.1. The Morgan fingerprint density at radius 2 is 1.91 bits per heavy atom. The molecule has 1 aromatic rings. The molecule has 0 aliphatic rings. The summed E-state index contributed by atoms with van der Waals surface area (Å²) < 4.78 is 0. The number of carbonyl (C=O) groups is 1. The maximum atomic E-state index is 10.1. The Hall–Kier alpha value is -0.853. The van der Waals surface area contributed by atoms with Crippen LogP contribution in [-0.4, -0.2) is 15.9 Å². The smallest absolute Gasteiger partial charge is 0.542 e. The van der Waals surface area contributed by atoms with Crippen molar-refractivity contribution in [3.8, 4) is 0 Å². The zero-order valence-electron chi connectivity index (χ0n) is 6.37. The standard InChI is InChI=1S/C6H6N2O2.Li/c1-4-2-7-5(6(9)10)8-3-4;/h2-3H,1H3,(H,9,10);/q;+1/p-1. The third-order valence-corrected chi connectivity index (χ3v) is 0.964. The van der Waals surface area contributed by atoms with Crippen molar-refractivity contribution in [2.75, 3.05) is 0 Å². The predicted octanol–water partition coefficient (Wildman–Crippen LogP) is -3.85. The summed E-state index contributed by atoms with van der Waals surface area (Å²) in [5.74, 6) is -1.62. The van der Waals surface area contributed by atoms with E-state index < -0.39 is 5.97 Å². The van der Waals surface area contributed by atoms with Gasteiger partial charge in [-0.15, -0.1) is 0 Å². The van der Waals surface area contributed by atoms with E-state index in [4.69, 9.17) is 0 Å². The first-order valence-electron chi connectivity index (χ1n) is 2.70. The van der Waals surface area contributed by atoms with Crippen LogP contribution < -0.4 is 24.0 Å². The Labute approximate surface area is 75.9 Å². The number of aromatic nitrogens is 2. The summed E-state index contributed by atoms with van der Waals surface area (Å²) in [6, 6.07) is 0. The van der Waals surface area contributed by atoms with E-state index >= 15 is 0 Å². The summed E-state index contributed by atoms with van der Waals surface area (Å²) in [7, 11) is 0. The Bertz CT molecular complexity index is 247. The second-order valence-electron chi connectivity index (χ2n) is 1.87. The van der Waals surface area contributed by atoms with E-state index in [1.807, 2.05) is 0 Å². The van der Waals surface area contributed by atoms with Crippen molar-refractivity contribution in [2.45, 2.75) is 6.92 Å². The molecule has 0 spiro atoms. The molecule has 0 saturated heterocycles. The van der Waals surface area contributed by atoms with E-state index in [0.717, 1.165) is 5.56 Å². The molecule has 52 valence electrons. The minimum atomic E-state index is -1.35. The van der Waals surface area contributed by atoms with Crippen molar-refractivity contribution in [2.24, 2.45) is 0 Å². The van der Waals surface area contributed by atoms with Gasteiger partial charge in [0.1, 0.15) is 5.97 Å². The largest absolute Gasteiger partial charge is 1.00 e. The van der Waals surface area contributed by atoms with Gasteiger partial charge < -0.3 is 9.90 Å². The number of aromatic carboxylic acids is 1. The molecule has 5 heteroatoms. The van der Waals surface area contributed by atoms with E-state index in [-0.39, 0.29) is 24.7 Å². The molecule has 0 aromatic carbocycles. The Balaban J connectivity index is 0.000001000. The van der Waals surface area contributed by atoms with Crippen molar-refractivity contribution >= 4 is 5.97 Å². The normalized spacial score (nSPS) is 8.45. The molecule has 0 N–H and O–H groups in total. The van der Waals surface area contributed by atoms with Crippen molar-refractivity contribution in [1.29, 1.82) is 0 Å².